The highest BCUT2D eigenvalue weighted by atomic mass is 35.5. The molecule has 4 aromatic rings. The second-order valence-electron chi connectivity index (χ2n) is 9.21. The maximum Gasteiger partial charge on any atom is 0.235 e. The number of piperazine rings is 1. The number of nitrogens with zero attached hydrogens (tertiary/aromatic N) is 2. The smallest absolute Gasteiger partial charge is 0.235 e. The quantitative estimate of drug-likeness (QED) is 0.346. The lowest BCUT2D eigenvalue weighted by Crippen LogP contribution is -2.49. The summed E-state index contributed by atoms with van der Waals surface area (Å²) in [5.74, 6) is 1.22. The topological polar surface area (TPSA) is 75.4 Å². The van der Waals surface area contributed by atoms with E-state index >= 15 is 0 Å². The van der Waals surface area contributed by atoms with Crippen LogP contribution in [-0.2, 0) is 0 Å². The number of ether oxygens (including phenoxy) is 2. The summed E-state index contributed by atoms with van der Waals surface area (Å²) in [6.45, 7) is 5.95. The first-order valence-corrected chi connectivity index (χ1v) is 12.7. The average molecular weight is 521 g/mol. The van der Waals surface area contributed by atoms with Crippen LogP contribution in [0.25, 0.3) is 11.0 Å². The fourth-order valence-corrected chi connectivity index (χ4v) is 4.73. The van der Waals surface area contributed by atoms with Crippen molar-refractivity contribution in [3.63, 3.8) is 0 Å². The second-order valence-corrected chi connectivity index (χ2v) is 9.62. The van der Waals surface area contributed by atoms with Crippen LogP contribution in [0.3, 0.4) is 0 Å². The van der Waals surface area contributed by atoms with E-state index in [1.165, 1.54) is 6.26 Å². The van der Waals surface area contributed by atoms with Gasteiger partial charge >= 0.3 is 0 Å². The number of fused-ring (bicyclic) bond motifs is 1. The van der Waals surface area contributed by atoms with E-state index in [0.29, 0.717) is 29.0 Å². The maximum absolute atomic E-state index is 12.9. The largest absolute Gasteiger partial charge is 0.491 e. The number of para-hydroxylation sites is 1. The van der Waals surface area contributed by atoms with E-state index in [0.717, 1.165) is 42.5 Å². The fourth-order valence-electron chi connectivity index (χ4n) is 4.48. The lowest BCUT2D eigenvalue weighted by molar-refractivity contribution is 0.0663. The molecule has 1 unspecified atom stereocenters. The molecule has 1 N–H and O–H groups in total. The average Bonchev–Trinajstić information content (AvgIpc) is 2.90. The summed E-state index contributed by atoms with van der Waals surface area (Å²) in [7, 11) is 0. The van der Waals surface area contributed by atoms with Crippen LogP contribution in [0.5, 0.6) is 17.2 Å². The third-order valence-electron chi connectivity index (χ3n) is 6.41. The Labute approximate surface area is 220 Å². The van der Waals surface area contributed by atoms with E-state index in [9.17, 15) is 9.90 Å². The summed E-state index contributed by atoms with van der Waals surface area (Å²) >= 11 is 6.33. The predicted octanol–water partition coefficient (Wildman–Crippen LogP) is 5.11. The van der Waals surface area contributed by atoms with Crippen molar-refractivity contribution in [2.45, 2.75) is 13.0 Å². The van der Waals surface area contributed by atoms with E-state index < -0.39 is 6.10 Å². The molecule has 1 fully saturated rings. The van der Waals surface area contributed by atoms with Crippen LogP contribution in [-0.4, -0.2) is 55.4 Å². The van der Waals surface area contributed by atoms with E-state index in [1.54, 1.807) is 24.3 Å². The van der Waals surface area contributed by atoms with E-state index in [2.05, 4.69) is 9.80 Å². The lowest BCUT2D eigenvalue weighted by atomic mass is 10.2. The van der Waals surface area contributed by atoms with Gasteiger partial charge in [-0.05, 0) is 48.9 Å². The number of rotatable bonds is 8. The molecule has 0 spiro atoms. The third kappa shape index (κ3) is 6.07. The summed E-state index contributed by atoms with van der Waals surface area (Å²) in [6.07, 6.45) is 0.660. The molecule has 37 heavy (non-hydrogen) atoms. The van der Waals surface area contributed by atoms with Crippen molar-refractivity contribution >= 4 is 28.3 Å². The zero-order valence-electron chi connectivity index (χ0n) is 20.6. The Balaban J connectivity index is 1.15. The van der Waals surface area contributed by atoms with Gasteiger partial charge in [0.05, 0.1) is 16.1 Å². The van der Waals surface area contributed by atoms with Crippen LogP contribution in [0.2, 0.25) is 5.02 Å². The van der Waals surface area contributed by atoms with Crippen LogP contribution in [0, 0.1) is 6.92 Å². The van der Waals surface area contributed by atoms with Gasteiger partial charge < -0.3 is 23.9 Å². The summed E-state index contributed by atoms with van der Waals surface area (Å²) in [5, 5.41) is 11.7. The van der Waals surface area contributed by atoms with E-state index in [1.807, 2.05) is 49.4 Å². The Kier molecular flexibility index (Phi) is 7.65. The third-order valence-corrected chi connectivity index (χ3v) is 6.73. The minimum atomic E-state index is -0.653. The maximum atomic E-state index is 12.9. The first kappa shape index (κ1) is 25.1. The van der Waals surface area contributed by atoms with Crippen LogP contribution >= 0.6 is 11.6 Å². The number of hydrogen-bond donors (Lipinski definition) is 1. The van der Waals surface area contributed by atoms with E-state index in [-0.39, 0.29) is 17.8 Å². The van der Waals surface area contributed by atoms with Crippen molar-refractivity contribution in [3.8, 4) is 17.2 Å². The Morgan fingerprint density at radius 2 is 1.81 bits per heavy atom. The minimum Gasteiger partial charge on any atom is -0.491 e. The number of anilines is 1. The van der Waals surface area contributed by atoms with Crippen LogP contribution in [0.15, 0.2) is 82.2 Å². The first-order valence-electron chi connectivity index (χ1n) is 12.3. The molecule has 192 valence electrons. The van der Waals surface area contributed by atoms with Crippen molar-refractivity contribution < 1.29 is 19.0 Å². The van der Waals surface area contributed by atoms with Crippen LogP contribution < -0.4 is 19.8 Å². The van der Waals surface area contributed by atoms with Crippen molar-refractivity contribution in [1.29, 1.82) is 0 Å². The van der Waals surface area contributed by atoms with Gasteiger partial charge in [0.1, 0.15) is 36.1 Å². The number of aliphatic hydroxyl groups excluding tert-OH is 1. The molecule has 7 nitrogen and oxygen atoms in total. The Morgan fingerprint density at radius 3 is 2.59 bits per heavy atom. The summed E-state index contributed by atoms with van der Waals surface area (Å²) in [4.78, 5) is 17.4. The monoisotopic (exact) mass is 520 g/mol. The highest BCUT2D eigenvalue weighted by Crippen LogP contribution is 2.27. The van der Waals surface area contributed by atoms with Gasteiger partial charge in [-0.25, -0.2) is 0 Å². The number of aryl methyl sites for hydroxylation is 1. The standard InChI is InChI=1S/C29H29ClN2O5/c1-20-5-4-6-23(15-20)37-28-19-36-27-16-22(9-10-24(27)29(28)34)35-18-21(33)17-31-11-13-32(14-12-31)26-8-3-2-7-25(26)30/h2-10,15-16,19,21,33H,11-14,17-18H2,1H3. The molecule has 3 aromatic carbocycles. The SMILES string of the molecule is Cc1cccc(Oc2coc3cc(OCC(O)CN4CCN(c5ccccc5Cl)CC4)ccc3c2=O)c1. The van der Waals surface area contributed by atoms with Crippen molar-refractivity contribution in [3.05, 3.63) is 93.8 Å². The molecule has 8 heteroatoms. The van der Waals surface area contributed by atoms with E-state index in [4.69, 9.17) is 25.5 Å². The number of benzene rings is 3. The summed E-state index contributed by atoms with van der Waals surface area (Å²) in [6, 6.07) is 20.3. The molecule has 0 amide bonds. The molecule has 0 bridgehead atoms. The summed E-state index contributed by atoms with van der Waals surface area (Å²) in [5.41, 5.74) is 2.21. The van der Waals surface area contributed by atoms with Gasteiger partial charge in [-0.2, -0.15) is 0 Å². The number of halogens is 1. The van der Waals surface area contributed by atoms with Gasteiger partial charge in [0.15, 0.2) is 0 Å². The van der Waals surface area contributed by atoms with Gasteiger partial charge in [-0.15, -0.1) is 0 Å². The molecule has 1 saturated heterocycles. The summed E-state index contributed by atoms with van der Waals surface area (Å²) < 4.78 is 17.2. The van der Waals surface area contributed by atoms with Crippen LogP contribution in [0.4, 0.5) is 5.69 Å². The van der Waals surface area contributed by atoms with Gasteiger partial charge in [0.2, 0.25) is 11.2 Å². The molecule has 0 saturated carbocycles. The lowest BCUT2D eigenvalue weighted by Gasteiger charge is -2.37. The molecule has 1 atom stereocenters. The number of aliphatic hydroxyl groups is 1. The molecular formula is C29H29ClN2O5. The van der Waals surface area contributed by atoms with Crippen LogP contribution in [0.1, 0.15) is 5.56 Å². The Morgan fingerprint density at radius 1 is 1.00 bits per heavy atom. The van der Waals surface area contributed by atoms with Gasteiger partial charge in [0.25, 0.3) is 0 Å². The number of β-amino-alcohol motifs (C(OH)–C–C–N with tert-alkyl or cyclic N) is 1. The fraction of sp³-hybridized carbons (Fsp3) is 0.276. The second kappa shape index (κ2) is 11.3. The molecule has 5 rings (SSSR count). The van der Waals surface area contributed by atoms with Gasteiger partial charge in [-0.1, -0.05) is 35.9 Å². The Hall–Kier alpha value is -3.52. The van der Waals surface area contributed by atoms with Gasteiger partial charge in [0, 0.05) is 38.8 Å². The Bertz CT molecular complexity index is 1430. The van der Waals surface area contributed by atoms with Crippen molar-refractivity contribution in [2.75, 3.05) is 44.2 Å². The zero-order valence-corrected chi connectivity index (χ0v) is 21.4. The zero-order chi connectivity index (χ0) is 25.8. The highest BCUT2D eigenvalue weighted by Gasteiger charge is 2.21. The van der Waals surface area contributed by atoms with Crippen molar-refractivity contribution in [1.82, 2.24) is 4.90 Å². The van der Waals surface area contributed by atoms with Crippen molar-refractivity contribution in [2.24, 2.45) is 0 Å². The molecule has 1 aromatic heterocycles. The predicted molar refractivity (Wildman–Crippen MR) is 145 cm³/mol. The molecule has 2 heterocycles. The molecule has 1 aliphatic heterocycles. The molecular weight excluding hydrogens is 492 g/mol. The first-order chi connectivity index (χ1) is 18.0. The highest BCUT2D eigenvalue weighted by molar-refractivity contribution is 6.33. The number of hydrogen-bond acceptors (Lipinski definition) is 7. The van der Waals surface area contributed by atoms with Gasteiger partial charge in [-0.3, -0.25) is 9.69 Å². The molecule has 0 radical (unpaired) electrons. The molecule has 1 aliphatic rings. The normalized spacial score (nSPS) is 15.1. The minimum absolute atomic E-state index is 0.122. The molecule has 0 aliphatic carbocycles.